The molecular formula is C11H20OSi. The van der Waals surface area contributed by atoms with Gasteiger partial charge in [0.2, 0.25) is 0 Å². The van der Waals surface area contributed by atoms with Crippen LogP contribution in [-0.4, -0.2) is 20.6 Å². The molecule has 74 valence electrons. The molecule has 13 heavy (non-hydrogen) atoms. The van der Waals surface area contributed by atoms with Crippen molar-refractivity contribution < 1.29 is 4.74 Å². The summed E-state index contributed by atoms with van der Waals surface area (Å²) >= 11 is 0. The number of ether oxygens (including phenoxy) is 1. The second-order valence-electron chi connectivity index (χ2n) is 4.00. The lowest BCUT2D eigenvalue weighted by Gasteiger charge is -2.41. The van der Waals surface area contributed by atoms with Crippen LogP contribution < -0.4 is 0 Å². The Balaban J connectivity index is 2.84. The van der Waals surface area contributed by atoms with Crippen molar-refractivity contribution in [1.82, 2.24) is 0 Å². The Morgan fingerprint density at radius 2 is 2.23 bits per heavy atom. The monoisotopic (exact) mass is 196 g/mol. The average molecular weight is 196 g/mol. The van der Waals surface area contributed by atoms with Gasteiger partial charge in [-0.2, -0.15) is 0 Å². The van der Waals surface area contributed by atoms with Gasteiger partial charge in [0.1, 0.15) is 8.80 Å². The van der Waals surface area contributed by atoms with Crippen LogP contribution >= 0.6 is 0 Å². The smallest absolute Gasteiger partial charge is 0.100 e. The lowest BCUT2D eigenvalue weighted by molar-refractivity contribution is 0.00344. The van der Waals surface area contributed by atoms with Gasteiger partial charge in [-0.3, -0.25) is 0 Å². The van der Waals surface area contributed by atoms with Gasteiger partial charge in [0.15, 0.2) is 0 Å². The molecule has 0 radical (unpaired) electrons. The fraction of sp³-hybridized carbons (Fsp3) is 0.636. The number of rotatable bonds is 3. The third kappa shape index (κ3) is 1.94. The Morgan fingerprint density at radius 3 is 2.62 bits per heavy atom. The SMILES string of the molecule is C=C[SiH](C)C1(C(=C)C)CCCCO1. The minimum absolute atomic E-state index is 0.0139. The Bertz CT molecular complexity index is 204. The third-order valence-electron chi connectivity index (χ3n) is 3.11. The molecule has 1 heterocycles. The summed E-state index contributed by atoms with van der Waals surface area (Å²) in [5.41, 5.74) is 3.31. The number of hydrogen-bond donors (Lipinski definition) is 0. The summed E-state index contributed by atoms with van der Waals surface area (Å²) in [6.07, 6.45) is 3.63. The molecule has 0 amide bonds. The fourth-order valence-corrected chi connectivity index (χ4v) is 4.29. The molecule has 0 aromatic heterocycles. The molecule has 1 saturated heterocycles. The molecule has 0 aromatic carbocycles. The predicted octanol–water partition coefficient (Wildman–Crippen LogP) is 2.62. The number of hydrogen-bond acceptors (Lipinski definition) is 1. The Labute approximate surface area is 83.1 Å². The third-order valence-corrected chi connectivity index (χ3v) is 6.24. The quantitative estimate of drug-likeness (QED) is 0.498. The van der Waals surface area contributed by atoms with E-state index < -0.39 is 8.80 Å². The molecule has 1 fully saturated rings. The topological polar surface area (TPSA) is 9.23 Å². The van der Waals surface area contributed by atoms with E-state index in [-0.39, 0.29) is 5.22 Å². The average Bonchev–Trinajstić information content (AvgIpc) is 2.17. The zero-order chi connectivity index (χ0) is 9.90. The zero-order valence-corrected chi connectivity index (χ0v) is 9.96. The molecule has 1 rings (SSSR count). The first-order chi connectivity index (χ1) is 6.13. The zero-order valence-electron chi connectivity index (χ0n) is 8.81. The van der Waals surface area contributed by atoms with E-state index in [1.54, 1.807) is 0 Å². The summed E-state index contributed by atoms with van der Waals surface area (Å²) in [6.45, 7) is 13.3. The van der Waals surface area contributed by atoms with E-state index in [2.05, 4.69) is 32.3 Å². The minimum Gasteiger partial charge on any atom is -0.374 e. The summed E-state index contributed by atoms with van der Waals surface area (Å²) in [5, 5.41) is 0.0139. The van der Waals surface area contributed by atoms with E-state index in [9.17, 15) is 0 Å². The first-order valence-electron chi connectivity index (χ1n) is 5.06. The van der Waals surface area contributed by atoms with Gasteiger partial charge in [0, 0.05) is 6.61 Å². The van der Waals surface area contributed by atoms with Crippen molar-refractivity contribution >= 4 is 8.80 Å². The Kier molecular flexibility index (Phi) is 3.51. The molecule has 2 unspecified atom stereocenters. The van der Waals surface area contributed by atoms with Gasteiger partial charge in [-0.05, 0) is 26.2 Å². The van der Waals surface area contributed by atoms with Gasteiger partial charge < -0.3 is 4.74 Å². The lowest BCUT2D eigenvalue weighted by Crippen LogP contribution is -2.48. The van der Waals surface area contributed by atoms with Crippen LogP contribution in [0.4, 0.5) is 0 Å². The summed E-state index contributed by atoms with van der Waals surface area (Å²) < 4.78 is 5.97. The van der Waals surface area contributed by atoms with E-state index >= 15 is 0 Å². The molecule has 1 nitrogen and oxygen atoms in total. The standard InChI is InChI=1S/C11H20OSi/c1-5-13(4)11(10(2)3)8-6-7-9-12-11/h5,13H,1-2,6-9H2,3-4H3. The van der Waals surface area contributed by atoms with Crippen LogP contribution in [0.1, 0.15) is 26.2 Å². The van der Waals surface area contributed by atoms with Gasteiger partial charge in [-0.15, -0.1) is 12.3 Å². The van der Waals surface area contributed by atoms with Gasteiger partial charge in [0.25, 0.3) is 0 Å². The van der Waals surface area contributed by atoms with E-state index in [1.165, 1.54) is 18.4 Å². The normalized spacial score (nSPS) is 30.9. The molecule has 1 aliphatic heterocycles. The highest BCUT2D eigenvalue weighted by atomic mass is 28.3. The van der Waals surface area contributed by atoms with E-state index in [0.29, 0.717) is 0 Å². The van der Waals surface area contributed by atoms with Crippen molar-refractivity contribution in [2.75, 3.05) is 6.61 Å². The van der Waals surface area contributed by atoms with E-state index in [1.807, 2.05) is 0 Å². The summed E-state index contributed by atoms with van der Waals surface area (Å²) in [5.74, 6) is 0. The molecular weight excluding hydrogens is 176 g/mol. The van der Waals surface area contributed by atoms with Crippen molar-refractivity contribution in [3.8, 4) is 0 Å². The highest BCUT2D eigenvalue weighted by Crippen LogP contribution is 2.33. The van der Waals surface area contributed by atoms with Crippen LogP contribution in [0.25, 0.3) is 0 Å². The van der Waals surface area contributed by atoms with E-state index in [0.717, 1.165) is 13.0 Å². The van der Waals surface area contributed by atoms with Gasteiger partial charge >= 0.3 is 0 Å². The summed E-state index contributed by atoms with van der Waals surface area (Å²) in [4.78, 5) is 0. The first kappa shape index (κ1) is 10.7. The van der Waals surface area contributed by atoms with Gasteiger partial charge in [-0.1, -0.05) is 18.7 Å². The molecule has 0 aromatic rings. The van der Waals surface area contributed by atoms with Crippen molar-refractivity contribution in [3.05, 3.63) is 24.4 Å². The van der Waals surface area contributed by atoms with Crippen LogP contribution in [-0.2, 0) is 4.74 Å². The first-order valence-corrected chi connectivity index (χ1v) is 7.46. The van der Waals surface area contributed by atoms with Gasteiger partial charge in [0.05, 0.1) is 5.22 Å². The molecule has 2 atom stereocenters. The Morgan fingerprint density at radius 1 is 1.54 bits per heavy atom. The summed E-state index contributed by atoms with van der Waals surface area (Å²) in [7, 11) is -1.01. The molecule has 0 N–H and O–H groups in total. The van der Waals surface area contributed by atoms with Crippen molar-refractivity contribution in [2.24, 2.45) is 0 Å². The van der Waals surface area contributed by atoms with Crippen molar-refractivity contribution in [1.29, 1.82) is 0 Å². The molecule has 0 aliphatic carbocycles. The fourth-order valence-electron chi connectivity index (χ4n) is 2.09. The molecule has 1 aliphatic rings. The van der Waals surface area contributed by atoms with Crippen LogP contribution in [0.2, 0.25) is 6.55 Å². The molecule has 0 saturated carbocycles. The van der Waals surface area contributed by atoms with Crippen LogP contribution in [0, 0.1) is 0 Å². The largest absolute Gasteiger partial charge is 0.374 e. The maximum absolute atomic E-state index is 5.97. The molecule has 0 spiro atoms. The molecule has 0 bridgehead atoms. The van der Waals surface area contributed by atoms with E-state index in [4.69, 9.17) is 4.74 Å². The highest BCUT2D eigenvalue weighted by Gasteiger charge is 2.38. The predicted molar refractivity (Wildman–Crippen MR) is 60.6 cm³/mol. The second-order valence-corrected chi connectivity index (χ2v) is 6.98. The summed E-state index contributed by atoms with van der Waals surface area (Å²) in [6, 6.07) is 0. The van der Waals surface area contributed by atoms with Crippen LogP contribution in [0.3, 0.4) is 0 Å². The maximum Gasteiger partial charge on any atom is 0.100 e. The minimum atomic E-state index is -1.01. The van der Waals surface area contributed by atoms with Crippen molar-refractivity contribution in [3.63, 3.8) is 0 Å². The highest BCUT2D eigenvalue weighted by molar-refractivity contribution is 6.66. The van der Waals surface area contributed by atoms with Crippen LogP contribution in [0.15, 0.2) is 24.4 Å². The maximum atomic E-state index is 5.97. The van der Waals surface area contributed by atoms with Crippen molar-refractivity contribution in [2.45, 2.75) is 38.0 Å². The second kappa shape index (κ2) is 4.25. The van der Waals surface area contributed by atoms with Gasteiger partial charge in [-0.25, -0.2) is 0 Å². The van der Waals surface area contributed by atoms with Crippen LogP contribution in [0.5, 0.6) is 0 Å². The lowest BCUT2D eigenvalue weighted by atomic mass is 10.0. The molecule has 2 heteroatoms. The Hall–Kier alpha value is -0.343.